The largest absolute Gasteiger partial charge is 0.573 e. The van der Waals surface area contributed by atoms with Gasteiger partial charge in [-0.2, -0.15) is 0 Å². The van der Waals surface area contributed by atoms with E-state index < -0.39 is 24.3 Å². The predicted molar refractivity (Wildman–Crippen MR) is 74.5 cm³/mol. The zero-order chi connectivity index (χ0) is 15.3. The summed E-state index contributed by atoms with van der Waals surface area (Å²) in [6, 6.07) is 2.06. The van der Waals surface area contributed by atoms with E-state index in [2.05, 4.69) is 4.74 Å². The summed E-state index contributed by atoms with van der Waals surface area (Å²) < 4.78 is 40.2. The minimum Gasteiger partial charge on any atom is -0.508 e. The average molecular weight is 330 g/mol. The van der Waals surface area contributed by atoms with Crippen LogP contribution >= 0.6 is 12.4 Å². The van der Waals surface area contributed by atoms with Crippen molar-refractivity contribution in [3.05, 3.63) is 23.8 Å². The Labute approximate surface area is 127 Å². The summed E-state index contributed by atoms with van der Waals surface area (Å²) in [7, 11) is 0. The normalized spacial score (nSPS) is 14.2. The molecule has 0 aliphatic rings. The van der Waals surface area contributed by atoms with Crippen LogP contribution in [0.25, 0.3) is 0 Å². The van der Waals surface area contributed by atoms with Crippen molar-refractivity contribution in [1.29, 1.82) is 0 Å². The van der Waals surface area contributed by atoms with Crippen LogP contribution in [0.3, 0.4) is 0 Å². The number of phenols is 1. The van der Waals surface area contributed by atoms with Gasteiger partial charge in [0.25, 0.3) is 0 Å². The fourth-order valence-corrected chi connectivity index (χ4v) is 1.80. The molecule has 8 heteroatoms. The first kappa shape index (κ1) is 19.8. The molecule has 1 aromatic rings. The maximum absolute atomic E-state index is 12.1. The van der Waals surface area contributed by atoms with E-state index in [-0.39, 0.29) is 23.7 Å². The van der Waals surface area contributed by atoms with E-state index >= 15 is 0 Å². The van der Waals surface area contributed by atoms with Crippen LogP contribution in [0, 0.1) is 0 Å². The highest BCUT2D eigenvalue weighted by atomic mass is 35.5. The number of halogens is 4. The van der Waals surface area contributed by atoms with Crippen molar-refractivity contribution in [3.63, 3.8) is 0 Å². The summed E-state index contributed by atoms with van der Waals surface area (Å²) in [6.45, 7) is 1.94. The van der Waals surface area contributed by atoms with Crippen molar-refractivity contribution < 1.29 is 28.1 Å². The first-order valence-corrected chi connectivity index (χ1v) is 6.27. The number of hydrogen-bond acceptors (Lipinski definition) is 4. The summed E-state index contributed by atoms with van der Waals surface area (Å²) in [6.07, 6.45) is -3.77. The van der Waals surface area contributed by atoms with Crippen LogP contribution in [0.1, 0.15) is 37.8 Å². The standard InChI is InChI=1S/C13H18F3NO3.ClH/c1-2-3-4-11(19)12(17)9-7-8(5-6-10(9)18)20-13(14,15)16;/h5-7,11-12,18-19H,2-4,17H2,1H3;1H/t11-,12+;/m0./s1. The van der Waals surface area contributed by atoms with Gasteiger partial charge in [0.15, 0.2) is 0 Å². The molecule has 0 radical (unpaired) electrons. The molecule has 0 aliphatic carbocycles. The topological polar surface area (TPSA) is 75.7 Å². The molecular weight excluding hydrogens is 311 g/mol. The molecule has 0 fully saturated rings. The molecule has 0 amide bonds. The van der Waals surface area contributed by atoms with Crippen LogP contribution in [0.4, 0.5) is 13.2 Å². The summed E-state index contributed by atoms with van der Waals surface area (Å²) >= 11 is 0. The minimum atomic E-state index is -4.82. The van der Waals surface area contributed by atoms with Gasteiger partial charge >= 0.3 is 6.36 Å². The molecule has 21 heavy (non-hydrogen) atoms. The Balaban J connectivity index is 0.00000400. The van der Waals surface area contributed by atoms with Crippen molar-refractivity contribution in [2.45, 2.75) is 44.7 Å². The highest BCUT2D eigenvalue weighted by Gasteiger charge is 2.31. The first-order chi connectivity index (χ1) is 9.24. The number of hydrogen-bond donors (Lipinski definition) is 3. The zero-order valence-corrected chi connectivity index (χ0v) is 12.2. The van der Waals surface area contributed by atoms with Gasteiger partial charge in [0.2, 0.25) is 0 Å². The van der Waals surface area contributed by atoms with Crippen LogP contribution < -0.4 is 10.5 Å². The molecule has 1 rings (SSSR count). The molecule has 0 saturated heterocycles. The van der Waals surface area contributed by atoms with Gasteiger partial charge in [0, 0.05) is 5.56 Å². The van der Waals surface area contributed by atoms with Crippen molar-refractivity contribution >= 4 is 12.4 Å². The molecule has 0 bridgehead atoms. The first-order valence-electron chi connectivity index (χ1n) is 6.27. The minimum absolute atomic E-state index is 0. The molecule has 0 spiro atoms. The van der Waals surface area contributed by atoms with E-state index in [4.69, 9.17) is 5.73 Å². The monoisotopic (exact) mass is 329 g/mol. The van der Waals surface area contributed by atoms with Gasteiger partial charge in [-0.3, -0.25) is 0 Å². The summed E-state index contributed by atoms with van der Waals surface area (Å²) in [5.74, 6) is -0.758. The quantitative estimate of drug-likeness (QED) is 0.748. The third-order valence-electron chi connectivity index (χ3n) is 2.86. The van der Waals surface area contributed by atoms with Crippen molar-refractivity contribution in [3.8, 4) is 11.5 Å². The van der Waals surface area contributed by atoms with Crippen molar-refractivity contribution in [2.24, 2.45) is 5.73 Å². The third kappa shape index (κ3) is 6.41. The number of aliphatic hydroxyl groups is 1. The Bertz CT molecular complexity index is 443. The third-order valence-corrected chi connectivity index (χ3v) is 2.86. The Hall–Kier alpha value is -1.18. The predicted octanol–water partition coefficient (Wildman–Crippen LogP) is 3.26. The van der Waals surface area contributed by atoms with Gasteiger partial charge in [-0.15, -0.1) is 25.6 Å². The maximum Gasteiger partial charge on any atom is 0.573 e. The number of phenolic OH excluding ortho intramolecular Hbond substituents is 1. The second-order valence-corrected chi connectivity index (χ2v) is 4.50. The molecule has 4 N–H and O–H groups in total. The lowest BCUT2D eigenvalue weighted by Crippen LogP contribution is -2.26. The molecular formula is C13H19ClF3NO3. The highest BCUT2D eigenvalue weighted by molar-refractivity contribution is 5.85. The molecule has 1 aromatic carbocycles. The number of unbranched alkanes of at least 4 members (excludes halogenated alkanes) is 1. The van der Waals surface area contributed by atoms with E-state index in [0.717, 1.165) is 31.0 Å². The van der Waals surface area contributed by atoms with Crippen LogP contribution in [-0.4, -0.2) is 22.7 Å². The van der Waals surface area contributed by atoms with E-state index in [1.807, 2.05) is 6.92 Å². The van der Waals surface area contributed by atoms with Crippen LogP contribution in [0.5, 0.6) is 11.5 Å². The fraction of sp³-hybridized carbons (Fsp3) is 0.538. The maximum atomic E-state index is 12.1. The van der Waals surface area contributed by atoms with E-state index in [1.165, 1.54) is 0 Å². The summed E-state index contributed by atoms with van der Waals surface area (Å²) in [4.78, 5) is 0. The lowest BCUT2D eigenvalue weighted by molar-refractivity contribution is -0.274. The van der Waals surface area contributed by atoms with Crippen molar-refractivity contribution in [1.82, 2.24) is 0 Å². The van der Waals surface area contributed by atoms with E-state index in [9.17, 15) is 23.4 Å². The molecule has 0 heterocycles. The molecule has 4 nitrogen and oxygen atoms in total. The van der Waals surface area contributed by atoms with Gasteiger partial charge in [-0.25, -0.2) is 0 Å². The molecule has 122 valence electrons. The summed E-state index contributed by atoms with van der Waals surface area (Å²) in [5.41, 5.74) is 5.79. The summed E-state index contributed by atoms with van der Waals surface area (Å²) in [5, 5.41) is 19.5. The van der Waals surface area contributed by atoms with Gasteiger partial charge in [-0.1, -0.05) is 19.8 Å². The Morgan fingerprint density at radius 3 is 2.48 bits per heavy atom. The zero-order valence-electron chi connectivity index (χ0n) is 11.4. The Morgan fingerprint density at radius 1 is 1.33 bits per heavy atom. The Kier molecular flexibility index (Phi) is 7.84. The van der Waals surface area contributed by atoms with Gasteiger partial charge < -0.3 is 20.7 Å². The number of rotatable bonds is 6. The van der Waals surface area contributed by atoms with Crippen LogP contribution in [0.2, 0.25) is 0 Å². The Morgan fingerprint density at radius 2 is 1.95 bits per heavy atom. The van der Waals surface area contributed by atoms with Gasteiger partial charge in [-0.05, 0) is 24.6 Å². The molecule has 0 aromatic heterocycles. The number of aromatic hydroxyl groups is 1. The average Bonchev–Trinajstić information content (AvgIpc) is 2.35. The SMILES string of the molecule is CCCC[C@H](O)[C@H](N)c1cc(OC(F)(F)F)ccc1O.Cl. The van der Waals surface area contributed by atoms with Gasteiger partial charge in [0.1, 0.15) is 11.5 Å². The molecule has 0 saturated carbocycles. The van der Waals surface area contributed by atoms with E-state index in [0.29, 0.717) is 6.42 Å². The number of benzene rings is 1. The van der Waals surface area contributed by atoms with Crippen molar-refractivity contribution in [2.75, 3.05) is 0 Å². The molecule has 2 atom stereocenters. The second kappa shape index (κ2) is 8.31. The van der Waals surface area contributed by atoms with Crippen LogP contribution in [-0.2, 0) is 0 Å². The lowest BCUT2D eigenvalue weighted by Gasteiger charge is -2.21. The number of nitrogens with two attached hydrogens (primary N) is 1. The smallest absolute Gasteiger partial charge is 0.508 e. The number of ether oxygens (including phenoxy) is 1. The fourth-order valence-electron chi connectivity index (χ4n) is 1.80. The lowest BCUT2D eigenvalue weighted by atomic mass is 9.97. The second-order valence-electron chi connectivity index (χ2n) is 4.50. The number of alkyl halides is 3. The number of aliphatic hydroxyl groups excluding tert-OH is 1. The van der Waals surface area contributed by atoms with E-state index in [1.54, 1.807) is 0 Å². The highest BCUT2D eigenvalue weighted by Crippen LogP contribution is 2.32. The molecule has 0 aliphatic heterocycles. The molecule has 0 unspecified atom stereocenters. The van der Waals surface area contributed by atoms with Gasteiger partial charge in [0.05, 0.1) is 12.1 Å². The van der Waals surface area contributed by atoms with Crippen LogP contribution in [0.15, 0.2) is 18.2 Å².